The van der Waals surface area contributed by atoms with Crippen molar-refractivity contribution in [2.45, 2.75) is 6.42 Å². The van der Waals surface area contributed by atoms with E-state index in [1.807, 2.05) is 0 Å². The first-order valence-corrected chi connectivity index (χ1v) is 6.16. The Hall–Kier alpha value is -1.99. The van der Waals surface area contributed by atoms with Crippen LogP contribution >= 0.6 is 0 Å². The van der Waals surface area contributed by atoms with Crippen LogP contribution in [0.1, 0.15) is 16.8 Å². The number of carbonyl (C=O) groups is 1. The number of amides is 1. The summed E-state index contributed by atoms with van der Waals surface area (Å²) >= 11 is 0. The summed E-state index contributed by atoms with van der Waals surface area (Å²) in [4.78, 5) is 15.9. The van der Waals surface area contributed by atoms with Crippen LogP contribution in [0.25, 0.3) is 5.52 Å². The average molecular weight is 263 g/mol. The molecule has 0 radical (unpaired) electrons. The molecule has 2 aromatic heterocycles. The number of ether oxygens (including phenoxy) is 1. The maximum absolute atomic E-state index is 12.0. The van der Waals surface area contributed by atoms with Gasteiger partial charge in [0.25, 0.3) is 5.91 Å². The van der Waals surface area contributed by atoms with Crippen LogP contribution in [-0.2, 0) is 4.74 Å². The lowest BCUT2D eigenvalue weighted by atomic mass is 10.2. The summed E-state index contributed by atoms with van der Waals surface area (Å²) in [7, 11) is 0. The highest BCUT2D eigenvalue weighted by Crippen LogP contribution is 2.07. The molecule has 0 saturated carbocycles. The van der Waals surface area contributed by atoms with Crippen LogP contribution in [0.3, 0.4) is 0 Å². The zero-order chi connectivity index (χ0) is 13.5. The third kappa shape index (κ3) is 3.49. The normalized spacial score (nSPS) is 10.8. The fourth-order valence-electron chi connectivity index (χ4n) is 1.67. The zero-order valence-electron chi connectivity index (χ0n) is 10.6. The van der Waals surface area contributed by atoms with E-state index in [1.165, 1.54) is 6.20 Å². The third-order valence-electron chi connectivity index (χ3n) is 2.58. The van der Waals surface area contributed by atoms with E-state index in [4.69, 9.17) is 10.5 Å². The maximum Gasteiger partial charge on any atom is 0.255 e. The van der Waals surface area contributed by atoms with E-state index in [9.17, 15) is 4.79 Å². The molecule has 0 saturated heterocycles. The fraction of sp³-hybridized carbons (Fsp3) is 0.417. The zero-order valence-corrected chi connectivity index (χ0v) is 10.6. The average Bonchev–Trinajstić information content (AvgIpc) is 2.86. The second-order valence-electron chi connectivity index (χ2n) is 3.97. The highest BCUT2D eigenvalue weighted by molar-refractivity contribution is 6.00. The summed E-state index contributed by atoms with van der Waals surface area (Å²) < 4.78 is 6.84. The minimum absolute atomic E-state index is 0.151. The molecule has 0 spiro atoms. The lowest BCUT2D eigenvalue weighted by Gasteiger charge is -2.04. The number of rotatable bonds is 7. The van der Waals surface area contributed by atoms with Gasteiger partial charge in [-0.2, -0.15) is 5.10 Å². The van der Waals surface area contributed by atoms with Crippen molar-refractivity contribution in [3.05, 3.63) is 30.4 Å². The van der Waals surface area contributed by atoms with E-state index in [0.29, 0.717) is 37.4 Å². The predicted molar refractivity (Wildman–Crippen MR) is 69.8 cm³/mol. The first-order valence-electron chi connectivity index (χ1n) is 6.16. The van der Waals surface area contributed by atoms with Crippen molar-refractivity contribution in [2.75, 3.05) is 26.3 Å². The van der Waals surface area contributed by atoms with Crippen LogP contribution in [0.5, 0.6) is 0 Å². The molecular weight excluding hydrogens is 246 g/mol. The molecule has 2 aromatic rings. The molecule has 0 atom stereocenters. The molecule has 0 aliphatic rings. The summed E-state index contributed by atoms with van der Waals surface area (Å²) in [5.41, 5.74) is 6.52. The highest BCUT2D eigenvalue weighted by Gasteiger charge is 2.11. The smallest absolute Gasteiger partial charge is 0.255 e. The Kier molecular flexibility index (Phi) is 4.82. The summed E-state index contributed by atoms with van der Waals surface area (Å²) in [6.45, 7) is 2.21. The molecule has 0 aliphatic heterocycles. The Morgan fingerprint density at radius 3 is 3.16 bits per heavy atom. The highest BCUT2D eigenvalue weighted by atomic mass is 16.5. The molecule has 7 heteroatoms. The number of fused-ring (bicyclic) bond motifs is 1. The van der Waals surface area contributed by atoms with Crippen molar-refractivity contribution >= 4 is 11.4 Å². The molecule has 2 rings (SSSR count). The molecule has 0 fully saturated rings. The van der Waals surface area contributed by atoms with Gasteiger partial charge in [-0.3, -0.25) is 9.78 Å². The Morgan fingerprint density at radius 1 is 1.42 bits per heavy atom. The quantitative estimate of drug-likeness (QED) is 0.676. The van der Waals surface area contributed by atoms with E-state index in [-0.39, 0.29) is 5.91 Å². The van der Waals surface area contributed by atoms with E-state index in [1.54, 1.807) is 23.1 Å². The first-order chi connectivity index (χ1) is 9.33. The van der Waals surface area contributed by atoms with Crippen LogP contribution in [0, 0.1) is 0 Å². The Labute approximate surface area is 110 Å². The third-order valence-corrected chi connectivity index (χ3v) is 2.58. The number of aromatic nitrogens is 3. The van der Waals surface area contributed by atoms with E-state index < -0.39 is 0 Å². The number of nitrogens with one attached hydrogen (secondary N) is 1. The maximum atomic E-state index is 12.0. The van der Waals surface area contributed by atoms with Gasteiger partial charge in [-0.25, -0.2) is 4.52 Å². The molecule has 2 heterocycles. The van der Waals surface area contributed by atoms with Gasteiger partial charge >= 0.3 is 0 Å². The van der Waals surface area contributed by atoms with Crippen LogP contribution in [0.4, 0.5) is 0 Å². The molecule has 3 N–H and O–H groups in total. The Balaban J connectivity index is 1.83. The van der Waals surface area contributed by atoms with Gasteiger partial charge in [0.15, 0.2) is 0 Å². The largest absolute Gasteiger partial charge is 0.380 e. The summed E-state index contributed by atoms with van der Waals surface area (Å²) in [6.07, 6.45) is 7.23. The van der Waals surface area contributed by atoms with Crippen LogP contribution in [-0.4, -0.2) is 46.8 Å². The monoisotopic (exact) mass is 263 g/mol. The molecule has 7 nitrogen and oxygen atoms in total. The second kappa shape index (κ2) is 6.81. The molecule has 0 aliphatic carbocycles. The van der Waals surface area contributed by atoms with Gasteiger partial charge in [0, 0.05) is 32.1 Å². The van der Waals surface area contributed by atoms with Gasteiger partial charge in [-0.1, -0.05) is 0 Å². The summed E-state index contributed by atoms with van der Waals surface area (Å²) in [5.74, 6) is -0.151. The van der Waals surface area contributed by atoms with Gasteiger partial charge < -0.3 is 15.8 Å². The van der Waals surface area contributed by atoms with Crippen LogP contribution < -0.4 is 11.1 Å². The SMILES string of the molecule is NCCOCCCNC(=O)c1cnn2ccncc12. The summed E-state index contributed by atoms with van der Waals surface area (Å²) in [5, 5.41) is 6.91. The molecule has 1 amide bonds. The minimum atomic E-state index is -0.151. The lowest BCUT2D eigenvalue weighted by Crippen LogP contribution is -2.25. The van der Waals surface area contributed by atoms with Gasteiger partial charge in [-0.05, 0) is 6.42 Å². The van der Waals surface area contributed by atoms with Crippen molar-refractivity contribution in [2.24, 2.45) is 5.73 Å². The standard InChI is InChI=1S/C12H17N5O2/c13-2-7-19-6-1-3-15-12(18)10-8-16-17-5-4-14-9-11(10)17/h4-5,8-9H,1-3,6-7,13H2,(H,15,18). The van der Waals surface area contributed by atoms with E-state index in [0.717, 1.165) is 6.42 Å². The van der Waals surface area contributed by atoms with Gasteiger partial charge in [-0.15, -0.1) is 0 Å². The number of hydrogen-bond acceptors (Lipinski definition) is 5. The van der Waals surface area contributed by atoms with Crippen molar-refractivity contribution in [3.8, 4) is 0 Å². The molecule has 0 unspecified atom stereocenters. The number of carbonyl (C=O) groups excluding carboxylic acids is 1. The van der Waals surface area contributed by atoms with Gasteiger partial charge in [0.05, 0.1) is 30.1 Å². The van der Waals surface area contributed by atoms with E-state index in [2.05, 4.69) is 15.4 Å². The molecular formula is C12H17N5O2. The Morgan fingerprint density at radius 2 is 2.32 bits per heavy atom. The van der Waals surface area contributed by atoms with Crippen molar-refractivity contribution < 1.29 is 9.53 Å². The summed E-state index contributed by atoms with van der Waals surface area (Å²) in [6, 6.07) is 0. The number of hydrogen-bond donors (Lipinski definition) is 2. The number of nitrogens with two attached hydrogens (primary N) is 1. The van der Waals surface area contributed by atoms with Gasteiger partial charge in [0.2, 0.25) is 0 Å². The molecule has 102 valence electrons. The Bertz CT molecular complexity index is 540. The van der Waals surface area contributed by atoms with Crippen LogP contribution in [0.2, 0.25) is 0 Å². The molecule has 0 bridgehead atoms. The van der Waals surface area contributed by atoms with Gasteiger partial charge in [0.1, 0.15) is 0 Å². The van der Waals surface area contributed by atoms with Crippen molar-refractivity contribution in [1.29, 1.82) is 0 Å². The first kappa shape index (κ1) is 13.4. The predicted octanol–water partition coefficient (Wildman–Crippen LogP) is -0.175. The van der Waals surface area contributed by atoms with Crippen LogP contribution in [0.15, 0.2) is 24.8 Å². The second-order valence-corrected chi connectivity index (χ2v) is 3.97. The fourth-order valence-corrected chi connectivity index (χ4v) is 1.67. The minimum Gasteiger partial charge on any atom is -0.380 e. The molecule has 19 heavy (non-hydrogen) atoms. The lowest BCUT2D eigenvalue weighted by molar-refractivity contribution is 0.0944. The van der Waals surface area contributed by atoms with Crippen molar-refractivity contribution in [3.63, 3.8) is 0 Å². The molecule has 0 aromatic carbocycles. The van der Waals surface area contributed by atoms with E-state index >= 15 is 0 Å². The number of nitrogens with zero attached hydrogens (tertiary/aromatic N) is 3. The van der Waals surface area contributed by atoms with Crippen molar-refractivity contribution in [1.82, 2.24) is 19.9 Å². The topological polar surface area (TPSA) is 94.5 Å².